The third kappa shape index (κ3) is 3.90. The highest BCUT2D eigenvalue weighted by molar-refractivity contribution is 9.10. The van der Waals surface area contributed by atoms with Gasteiger partial charge in [-0.3, -0.25) is 0 Å². The molecule has 0 spiro atoms. The molecule has 20 heavy (non-hydrogen) atoms. The molecule has 0 aliphatic carbocycles. The molecule has 5 heteroatoms. The Labute approximate surface area is 127 Å². The first-order valence-electron chi connectivity index (χ1n) is 6.89. The highest BCUT2D eigenvalue weighted by Gasteiger charge is 2.11. The zero-order valence-electron chi connectivity index (χ0n) is 11.9. The normalized spacial score (nSPS) is 12.6. The summed E-state index contributed by atoms with van der Waals surface area (Å²) in [5.41, 5.74) is 7.70. The van der Waals surface area contributed by atoms with Gasteiger partial charge in [-0.1, -0.05) is 40.1 Å². The molecule has 0 saturated heterocycles. The Kier molecular flexibility index (Phi) is 5.31. The lowest BCUT2D eigenvalue weighted by atomic mass is 10.0. The average molecular weight is 338 g/mol. The minimum absolute atomic E-state index is 0.587. The van der Waals surface area contributed by atoms with Crippen LogP contribution in [0.5, 0.6) is 0 Å². The first-order chi connectivity index (χ1) is 9.60. The summed E-state index contributed by atoms with van der Waals surface area (Å²) < 4.78 is 6.36. The Morgan fingerprint density at radius 3 is 2.85 bits per heavy atom. The molecule has 2 aromatic rings. The SMILES string of the molecule is Cc1ccc(-c2noc(CCC(C)CCN)n2)cc1Br. The summed E-state index contributed by atoms with van der Waals surface area (Å²) >= 11 is 3.52. The molecule has 0 radical (unpaired) electrons. The Hall–Kier alpha value is -1.20. The van der Waals surface area contributed by atoms with Crippen LogP contribution in [-0.2, 0) is 6.42 Å². The molecule has 2 N–H and O–H groups in total. The van der Waals surface area contributed by atoms with Crippen molar-refractivity contribution in [3.8, 4) is 11.4 Å². The smallest absolute Gasteiger partial charge is 0.226 e. The molecule has 2 rings (SSSR count). The first kappa shape index (κ1) is 15.2. The summed E-state index contributed by atoms with van der Waals surface area (Å²) in [6, 6.07) is 6.06. The van der Waals surface area contributed by atoms with Gasteiger partial charge in [0.05, 0.1) is 0 Å². The van der Waals surface area contributed by atoms with Gasteiger partial charge < -0.3 is 10.3 Å². The molecule has 0 bridgehead atoms. The number of nitrogens with zero attached hydrogens (tertiary/aromatic N) is 2. The van der Waals surface area contributed by atoms with Crippen molar-refractivity contribution in [1.29, 1.82) is 0 Å². The van der Waals surface area contributed by atoms with Gasteiger partial charge in [0, 0.05) is 16.5 Å². The van der Waals surface area contributed by atoms with E-state index < -0.39 is 0 Å². The number of rotatable bonds is 6. The van der Waals surface area contributed by atoms with Crippen molar-refractivity contribution in [2.45, 2.75) is 33.1 Å². The standard InChI is InChI=1S/C15H20BrN3O/c1-10(7-8-17)3-6-14-18-15(19-20-14)12-5-4-11(2)13(16)9-12/h4-5,9-10H,3,6-8,17H2,1-2H3. The van der Waals surface area contributed by atoms with Crippen molar-refractivity contribution in [2.24, 2.45) is 11.7 Å². The number of aromatic nitrogens is 2. The Morgan fingerprint density at radius 2 is 2.15 bits per heavy atom. The van der Waals surface area contributed by atoms with Crippen LogP contribution in [0.4, 0.5) is 0 Å². The monoisotopic (exact) mass is 337 g/mol. The van der Waals surface area contributed by atoms with Gasteiger partial charge in [-0.25, -0.2) is 0 Å². The predicted molar refractivity (Wildman–Crippen MR) is 83.3 cm³/mol. The molecule has 1 aromatic carbocycles. The number of hydrogen-bond acceptors (Lipinski definition) is 4. The summed E-state index contributed by atoms with van der Waals surface area (Å²) in [5, 5.41) is 4.05. The summed E-state index contributed by atoms with van der Waals surface area (Å²) in [6.07, 6.45) is 2.86. The molecule has 1 heterocycles. The fraction of sp³-hybridized carbons (Fsp3) is 0.467. The van der Waals surface area contributed by atoms with Gasteiger partial charge in [0.15, 0.2) is 0 Å². The molecule has 108 valence electrons. The van der Waals surface area contributed by atoms with Crippen LogP contribution in [0.2, 0.25) is 0 Å². The maximum absolute atomic E-state index is 5.55. The van der Waals surface area contributed by atoms with Crippen LogP contribution in [0.1, 0.15) is 31.2 Å². The molecule has 1 unspecified atom stereocenters. The van der Waals surface area contributed by atoms with Gasteiger partial charge in [-0.05, 0) is 43.9 Å². The highest BCUT2D eigenvalue weighted by Crippen LogP contribution is 2.24. The number of hydrogen-bond donors (Lipinski definition) is 1. The summed E-state index contributed by atoms with van der Waals surface area (Å²) in [6.45, 7) is 4.98. The van der Waals surface area contributed by atoms with Crippen LogP contribution in [0.25, 0.3) is 11.4 Å². The van der Waals surface area contributed by atoms with E-state index >= 15 is 0 Å². The molecule has 1 aromatic heterocycles. The Morgan fingerprint density at radius 1 is 1.35 bits per heavy atom. The number of aryl methyl sites for hydroxylation is 2. The van der Waals surface area contributed by atoms with Crippen molar-refractivity contribution in [3.63, 3.8) is 0 Å². The first-order valence-corrected chi connectivity index (χ1v) is 7.68. The lowest BCUT2D eigenvalue weighted by Gasteiger charge is -2.06. The molecule has 4 nitrogen and oxygen atoms in total. The van der Waals surface area contributed by atoms with E-state index in [0.717, 1.165) is 35.8 Å². The summed E-state index contributed by atoms with van der Waals surface area (Å²) in [4.78, 5) is 4.45. The van der Waals surface area contributed by atoms with Gasteiger partial charge >= 0.3 is 0 Å². The van der Waals surface area contributed by atoms with E-state index in [9.17, 15) is 0 Å². The summed E-state index contributed by atoms with van der Waals surface area (Å²) in [7, 11) is 0. The quantitative estimate of drug-likeness (QED) is 0.872. The zero-order valence-corrected chi connectivity index (χ0v) is 13.5. The van der Waals surface area contributed by atoms with E-state index in [-0.39, 0.29) is 0 Å². The number of halogens is 1. The lowest BCUT2D eigenvalue weighted by Crippen LogP contribution is -2.06. The third-order valence-corrected chi connectivity index (χ3v) is 4.26. The molecular formula is C15H20BrN3O. The van der Waals surface area contributed by atoms with Crippen molar-refractivity contribution in [3.05, 3.63) is 34.1 Å². The minimum Gasteiger partial charge on any atom is -0.339 e. The van der Waals surface area contributed by atoms with Crippen LogP contribution in [0.3, 0.4) is 0 Å². The average Bonchev–Trinajstić information content (AvgIpc) is 2.89. The second-order valence-electron chi connectivity index (χ2n) is 5.20. The molecule has 0 amide bonds. The zero-order chi connectivity index (χ0) is 14.5. The lowest BCUT2D eigenvalue weighted by molar-refractivity contribution is 0.362. The second kappa shape index (κ2) is 6.99. The van der Waals surface area contributed by atoms with E-state index in [1.165, 1.54) is 5.56 Å². The minimum atomic E-state index is 0.587. The van der Waals surface area contributed by atoms with Crippen LogP contribution in [0.15, 0.2) is 27.2 Å². The van der Waals surface area contributed by atoms with Gasteiger partial charge in [0.1, 0.15) is 0 Å². The Bertz CT molecular complexity index is 568. The molecule has 0 saturated carbocycles. The Balaban J connectivity index is 2.03. The molecule has 0 aliphatic heterocycles. The van der Waals surface area contributed by atoms with Crippen LogP contribution >= 0.6 is 15.9 Å². The number of benzene rings is 1. The number of nitrogens with two attached hydrogens (primary N) is 1. The van der Waals surface area contributed by atoms with Crippen LogP contribution < -0.4 is 5.73 Å². The molecule has 0 fully saturated rings. The fourth-order valence-corrected chi connectivity index (χ4v) is 2.38. The predicted octanol–water partition coefficient (Wildman–Crippen LogP) is 3.73. The second-order valence-corrected chi connectivity index (χ2v) is 6.05. The van der Waals surface area contributed by atoms with E-state index in [0.29, 0.717) is 17.6 Å². The van der Waals surface area contributed by atoms with Gasteiger partial charge in [0.25, 0.3) is 0 Å². The van der Waals surface area contributed by atoms with E-state index in [2.05, 4.69) is 33.0 Å². The van der Waals surface area contributed by atoms with Crippen molar-refractivity contribution >= 4 is 15.9 Å². The molecule has 0 aliphatic rings. The van der Waals surface area contributed by atoms with Crippen LogP contribution in [-0.4, -0.2) is 16.7 Å². The fourth-order valence-electron chi connectivity index (χ4n) is 2.00. The van der Waals surface area contributed by atoms with Crippen molar-refractivity contribution < 1.29 is 4.52 Å². The summed E-state index contributed by atoms with van der Waals surface area (Å²) in [5.74, 6) is 1.93. The van der Waals surface area contributed by atoms with E-state index in [1.54, 1.807) is 0 Å². The maximum atomic E-state index is 5.55. The largest absolute Gasteiger partial charge is 0.339 e. The van der Waals surface area contributed by atoms with Gasteiger partial charge in [0.2, 0.25) is 11.7 Å². The van der Waals surface area contributed by atoms with Crippen LogP contribution in [0, 0.1) is 12.8 Å². The van der Waals surface area contributed by atoms with Crippen molar-refractivity contribution in [2.75, 3.05) is 6.54 Å². The van der Waals surface area contributed by atoms with E-state index in [1.807, 2.05) is 25.1 Å². The van der Waals surface area contributed by atoms with Gasteiger partial charge in [-0.2, -0.15) is 4.98 Å². The van der Waals surface area contributed by atoms with Gasteiger partial charge in [-0.15, -0.1) is 0 Å². The van der Waals surface area contributed by atoms with Crippen molar-refractivity contribution in [1.82, 2.24) is 10.1 Å². The molecule has 1 atom stereocenters. The topological polar surface area (TPSA) is 64.9 Å². The van der Waals surface area contributed by atoms with E-state index in [4.69, 9.17) is 10.3 Å². The maximum Gasteiger partial charge on any atom is 0.226 e. The molecular weight excluding hydrogens is 318 g/mol. The third-order valence-electron chi connectivity index (χ3n) is 3.41. The highest BCUT2D eigenvalue weighted by atomic mass is 79.9.